The van der Waals surface area contributed by atoms with Crippen LogP contribution in [-0.4, -0.2) is 18.4 Å². The van der Waals surface area contributed by atoms with Gasteiger partial charge in [-0.2, -0.15) is 0 Å². The molecule has 7 nitrogen and oxygen atoms in total. The average molecular weight is 308 g/mol. The number of phenols is 1. The highest BCUT2D eigenvalue weighted by molar-refractivity contribution is 7.89. The van der Waals surface area contributed by atoms with Crippen molar-refractivity contribution in [1.82, 2.24) is 4.72 Å². The van der Waals surface area contributed by atoms with Gasteiger partial charge in [0.2, 0.25) is 10.0 Å². The molecule has 0 fully saturated rings. The smallest absolute Gasteiger partial charge is 0.269 e. The van der Waals surface area contributed by atoms with E-state index in [-0.39, 0.29) is 22.9 Å². The topological polar surface area (TPSA) is 110 Å². The second-order valence-electron chi connectivity index (χ2n) is 4.25. The normalized spacial score (nSPS) is 11.2. The third kappa shape index (κ3) is 3.77. The van der Waals surface area contributed by atoms with Crippen molar-refractivity contribution >= 4 is 15.7 Å². The zero-order chi connectivity index (χ0) is 15.5. The van der Waals surface area contributed by atoms with Crippen molar-refractivity contribution in [3.05, 3.63) is 64.2 Å². The molecule has 0 saturated carbocycles. The van der Waals surface area contributed by atoms with Crippen molar-refractivity contribution in [3.63, 3.8) is 0 Å². The van der Waals surface area contributed by atoms with Crippen LogP contribution in [0.4, 0.5) is 5.69 Å². The Hall–Kier alpha value is -2.45. The summed E-state index contributed by atoms with van der Waals surface area (Å²) in [5.74, 6) is -0.0346. The molecule has 0 aliphatic rings. The van der Waals surface area contributed by atoms with E-state index in [2.05, 4.69) is 4.72 Å². The van der Waals surface area contributed by atoms with E-state index in [1.54, 1.807) is 6.07 Å². The second-order valence-corrected chi connectivity index (χ2v) is 6.01. The van der Waals surface area contributed by atoms with Crippen molar-refractivity contribution in [1.29, 1.82) is 0 Å². The highest BCUT2D eigenvalue weighted by atomic mass is 32.2. The maximum atomic E-state index is 12.0. The number of phenolic OH excluding ortho intramolecular Hbond substituents is 1. The van der Waals surface area contributed by atoms with E-state index in [1.165, 1.54) is 42.5 Å². The molecule has 2 rings (SSSR count). The van der Waals surface area contributed by atoms with Gasteiger partial charge in [-0.1, -0.05) is 12.1 Å². The molecule has 0 aliphatic heterocycles. The standard InChI is InChI=1S/C13H12N2O5S/c16-12-4-6-13(7-5-12)21(19,20)14-9-10-2-1-3-11(8-10)15(17)18/h1-8,14,16H,9H2. The Morgan fingerprint density at radius 2 is 1.81 bits per heavy atom. The Balaban J connectivity index is 2.13. The Bertz CT molecular complexity index is 756. The van der Waals surface area contributed by atoms with E-state index in [0.29, 0.717) is 5.56 Å². The van der Waals surface area contributed by atoms with E-state index in [0.717, 1.165) is 0 Å². The molecule has 21 heavy (non-hydrogen) atoms. The molecule has 0 atom stereocenters. The maximum Gasteiger partial charge on any atom is 0.269 e. The molecule has 2 aromatic rings. The summed E-state index contributed by atoms with van der Waals surface area (Å²) in [6.07, 6.45) is 0. The molecule has 0 spiro atoms. The lowest BCUT2D eigenvalue weighted by atomic mass is 10.2. The minimum Gasteiger partial charge on any atom is -0.508 e. The summed E-state index contributed by atoms with van der Waals surface area (Å²) < 4.78 is 26.4. The van der Waals surface area contributed by atoms with Crippen molar-refractivity contribution in [2.75, 3.05) is 0 Å². The van der Waals surface area contributed by atoms with Gasteiger partial charge in [0.1, 0.15) is 5.75 Å². The van der Waals surface area contributed by atoms with Crippen LogP contribution in [0.1, 0.15) is 5.56 Å². The van der Waals surface area contributed by atoms with Crippen LogP contribution in [0.5, 0.6) is 5.75 Å². The van der Waals surface area contributed by atoms with Crippen LogP contribution in [0.3, 0.4) is 0 Å². The number of hydrogen-bond acceptors (Lipinski definition) is 5. The summed E-state index contributed by atoms with van der Waals surface area (Å²) in [5.41, 5.74) is 0.378. The fourth-order valence-corrected chi connectivity index (χ4v) is 2.68. The van der Waals surface area contributed by atoms with Crippen LogP contribution in [0.25, 0.3) is 0 Å². The fraction of sp³-hybridized carbons (Fsp3) is 0.0769. The van der Waals surface area contributed by atoms with Gasteiger partial charge in [-0.15, -0.1) is 0 Å². The van der Waals surface area contributed by atoms with Gasteiger partial charge in [0.05, 0.1) is 9.82 Å². The van der Waals surface area contributed by atoms with Gasteiger partial charge in [0.25, 0.3) is 5.69 Å². The number of non-ortho nitro benzene ring substituents is 1. The summed E-state index contributed by atoms with van der Waals surface area (Å²) in [4.78, 5) is 10.1. The zero-order valence-corrected chi connectivity index (χ0v) is 11.6. The monoisotopic (exact) mass is 308 g/mol. The minimum absolute atomic E-state index is 0.00531. The molecule has 0 saturated heterocycles. The number of benzene rings is 2. The van der Waals surface area contributed by atoms with E-state index in [1.807, 2.05) is 0 Å². The minimum atomic E-state index is -3.74. The SMILES string of the molecule is O=[N+]([O-])c1cccc(CNS(=O)(=O)c2ccc(O)cc2)c1. The first-order valence-corrected chi connectivity index (χ1v) is 7.39. The summed E-state index contributed by atoms with van der Waals surface area (Å²) >= 11 is 0. The number of nitro groups is 1. The van der Waals surface area contributed by atoms with Crippen LogP contribution in [0.15, 0.2) is 53.4 Å². The first-order valence-electron chi connectivity index (χ1n) is 5.90. The first-order chi connectivity index (χ1) is 9.88. The molecule has 0 amide bonds. The highest BCUT2D eigenvalue weighted by Crippen LogP contribution is 2.16. The van der Waals surface area contributed by atoms with Crippen LogP contribution in [0, 0.1) is 10.1 Å². The van der Waals surface area contributed by atoms with Gasteiger partial charge < -0.3 is 5.11 Å². The predicted molar refractivity (Wildman–Crippen MR) is 75.2 cm³/mol. The molecule has 0 unspecified atom stereocenters. The largest absolute Gasteiger partial charge is 0.508 e. The van der Waals surface area contributed by atoms with Gasteiger partial charge >= 0.3 is 0 Å². The molecular formula is C13H12N2O5S. The Morgan fingerprint density at radius 1 is 1.14 bits per heavy atom. The molecule has 0 aliphatic carbocycles. The summed E-state index contributed by atoms with van der Waals surface area (Å²) in [5, 5.41) is 19.8. The summed E-state index contributed by atoms with van der Waals surface area (Å²) in [7, 11) is -3.74. The molecule has 110 valence electrons. The number of hydrogen-bond donors (Lipinski definition) is 2. The zero-order valence-electron chi connectivity index (χ0n) is 10.8. The molecule has 2 N–H and O–H groups in total. The van der Waals surface area contributed by atoms with Crippen LogP contribution < -0.4 is 4.72 Å². The molecular weight excluding hydrogens is 296 g/mol. The lowest BCUT2D eigenvalue weighted by Crippen LogP contribution is -2.23. The molecule has 0 bridgehead atoms. The van der Waals surface area contributed by atoms with Crippen LogP contribution >= 0.6 is 0 Å². The molecule has 0 radical (unpaired) electrons. The quantitative estimate of drug-likeness (QED) is 0.646. The number of nitrogens with zero attached hydrogens (tertiary/aromatic N) is 1. The number of aromatic hydroxyl groups is 1. The van der Waals surface area contributed by atoms with Gasteiger partial charge in [0.15, 0.2) is 0 Å². The lowest BCUT2D eigenvalue weighted by Gasteiger charge is -2.07. The van der Waals surface area contributed by atoms with Crippen molar-refractivity contribution in [2.24, 2.45) is 0 Å². The summed E-state index contributed by atoms with van der Waals surface area (Å²) in [6.45, 7) is -0.0646. The third-order valence-corrected chi connectivity index (χ3v) is 4.15. The Kier molecular flexibility index (Phi) is 4.20. The summed E-state index contributed by atoms with van der Waals surface area (Å²) in [6, 6.07) is 10.8. The van der Waals surface area contributed by atoms with Gasteiger partial charge in [-0.3, -0.25) is 10.1 Å². The first kappa shape index (κ1) is 14.9. The van der Waals surface area contributed by atoms with E-state index in [4.69, 9.17) is 5.11 Å². The third-order valence-electron chi connectivity index (χ3n) is 2.73. The van der Waals surface area contributed by atoms with Gasteiger partial charge in [-0.05, 0) is 29.8 Å². The number of nitro benzene ring substituents is 1. The molecule has 2 aromatic carbocycles. The number of nitrogens with one attached hydrogen (secondary N) is 1. The van der Waals surface area contributed by atoms with Crippen LogP contribution in [0.2, 0.25) is 0 Å². The van der Waals surface area contributed by atoms with E-state index >= 15 is 0 Å². The Morgan fingerprint density at radius 3 is 2.43 bits per heavy atom. The average Bonchev–Trinajstić information content (AvgIpc) is 2.46. The fourth-order valence-electron chi connectivity index (χ4n) is 1.67. The molecule has 0 heterocycles. The number of rotatable bonds is 5. The predicted octanol–water partition coefficient (Wildman–Crippen LogP) is 1.78. The van der Waals surface area contributed by atoms with Crippen molar-refractivity contribution < 1.29 is 18.4 Å². The lowest BCUT2D eigenvalue weighted by molar-refractivity contribution is -0.384. The number of sulfonamides is 1. The van der Waals surface area contributed by atoms with Crippen molar-refractivity contribution in [3.8, 4) is 5.75 Å². The van der Waals surface area contributed by atoms with Crippen LogP contribution in [-0.2, 0) is 16.6 Å². The second kappa shape index (κ2) is 5.90. The molecule has 0 aromatic heterocycles. The van der Waals surface area contributed by atoms with E-state index in [9.17, 15) is 18.5 Å². The maximum absolute atomic E-state index is 12.0. The highest BCUT2D eigenvalue weighted by Gasteiger charge is 2.14. The van der Waals surface area contributed by atoms with Gasteiger partial charge in [-0.25, -0.2) is 13.1 Å². The van der Waals surface area contributed by atoms with E-state index < -0.39 is 14.9 Å². The molecule has 8 heteroatoms. The van der Waals surface area contributed by atoms with Crippen molar-refractivity contribution in [2.45, 2.75) is 11.4 Å². The Labute approximate surface area is 121 Å². The van der Waals surface area contributed by atoms with Gasteiger partial charge in [0, 0.05) is 18.7 Å².